The van der Waals surface area contributed by atoms with Crippen LogP contribution in [0.25, 0.3) is 11.2 Å². The minimum Gasteiger partial charge on any atom is -0.382 e. The Morgan fingerprint density at radius 2 is 1.93 bits per heavy atom. The van der Waals surface area contributed by atoms with E-state index in [1.54, 1.807) is 0 Å². The van der Waals surface area contributed by atoms with E-state index < -0.39 is 6.30 Å². The molecule has 0 radical (unpaired) electrons. The van der Waals surface area contributed by atoms with Crippen LogP contribution in [0.1, 0.15) is 0 Å². The summed E-state index contributed by atoms with van der Waals surface area (Å²) >= 11 is 0. The molecule has 0 amide bonds. The van der Waals surface area contributed by atoms with Crippen molar-refractivity contribution in [1.82, 2.24) is 19.5 Å². The second kappa shape index (κ2) is 2.56. The van der Waals surface area contributed by atoms with E-state index in [4.69, 9.17) is 5.73 Å². The minimum absolute atomic E-state index is 0.0135. The molecule has 2 aromatic rings. The third-order valence-electron chi connectivity index (χ3n) is 1.63. The Morgan fingerprint density at radius 3 is 2.57 bits per heavy atom. The summed E-state index contributed by atoms with van der Waals surface area (Å²) in [6, 6.07) is 0. The first-order chi connectivity index (χ1) is 6.50. The molecule has 0 saturated heterocycles. The number of anilines is 1. The van der Waals surface area contributed by atoms with Crippen molar-refractivity contribution in [2.24, 2.45) is 0 Å². The fourth-order valence-electron chi connectivity index (χ4n) is 1.04. The van der Waals surface area contributed by atoms with Crippen molar-refractivity contribution in [3.05, 3.63) is 12.7 Å². The van der Waals surface area contributed by atoms with E-state index in [1.165, 1.54) is 0 Å². The Kier molecular flexibility index (Phi) is 1.60. The van der Waals surface area contributed by atoms with Gasteiger partial charge in [-0.15, -0.1) is 13.2 Å². The SMILES string of the molecule is Nc1ncnc2c1ncn2C(F)(F)F. The van der Waals surface area contributed by atoms with Crippen LogP contribution in [-0.2, 0) is 6.30 Å². The average molecular weight is 203 g/mol. The average Bonchev–Trinajstić information content (AvgIpc) is 2.47. The van der Waals surface area contributed by atoms with Crippen molar-refractivity contribution < 1.29 is 13.2 Å². The highest BCUT2D eigenvalue weighted by molar-refractivity contribution is 5.81. The van der Waals surface area contributed by atoms with Gasteiger partial charge in [-0.25, -0.2) is 19.5 Å². The maximum atomic E-state index is 12.3. The van der Waals surface area contributed by atoms with Gasteiger partial charge in [0, 0.05) is 0 Å². The van der Waals surface area contributed by atoms with E-state index in [9.17, 15) is 13.2 Å². The zero-order valence-electron chi connectivity index (χ0n) is 6.65. The lowest BCUT2D eigenvalue weighted by Crippen LogP contribution is -2.15. The number of hydrogen-bond donors (Lipinski definition) is 1. The van der Waals surface area contributed by atoms with Crippen LogP contribution in [0.4, 0.5) is 19.0 Å². The van der Waals surface area contributed by atoms with Crippen molar-refractivity contribution in [2.45, 2.75) is 6.30 Å². The summed E-state index contributed by atoms with van der Waals surface area (Å²) in [7, 11) is 0. The topological polar surface area (TPSA) is 69.6 Å². The zero-order chi connectivity index (χ0) is 10.3. The molecule has 0 aliphatic heterocycles. The maximum Gasteiger partial charge on any atom is 0.491 e. The second-order valence-corrected chi connectivity index (χ2v) is 2.51. The van der Waals surface area contributed by atoms with Gasteiger partial charge in [0.15, 0.2) is 11.5 Å². The molecule has 0 spiro atoms. The van der Waals surface area contributed by atoms with Crippen molar-refractivity contribution in [3.63, 3.8) is 0 Å². The van der Waals surface area contributed by atoms with Gasteiger partial charge in [0.2, 0.25) is 0 Å². The summed E-state index contributed by atoms with van der Waals surface area (Å²) in [6.45, 7) is 0. The lowest BCUT2D eigenvalue weighted by atomic mass is 10.5. The molecule has 0 aromatic carbocycles. The van der Waals surface area contributed by atoms with Crippen LogP contribution in [0, 0.1) is 0 Å². The molecule has 0 bridgehead atoms. The number of fused-ring (bicyclic) bond motifs is 1. The Bertz CT molecular complexity index is 474. The van der Waals surface area contributed by atoms with E-state index in [-0.39, 0.29) is 21.5 Å². The molecule has 2 N–H and O–H groups in total. The first kappa shape index (κ1) is 8.73. The molecule has 14 heavy (non-hydrogen) atoms. The number of hydrogen-bond acceptors (Lipinski definition) is 4. The summed E-state index contributed by atoms with van der Waals surface area (Å²) in [5.41, 5.74) is 4.92. The van der Waals surface area contributed by atoms with Crippen LogP contribution in [0.5, 0.6) is 0 Å². The number of halogens is 3. The van der Waals surface area contributed by atoms with Crippen LogP contribution in [0.15, 0.2) is 12.7 Å². The summed E-state index contributed by atoms with van der Waals surface area (Å²) in [4.78, 5) is 10.5. The molecule has 0 atom stereocenters. The molecule has 8 heteroatoms. The number of nitrogens with two attached hydrogens (primary N) is 1. The largest absolute Gasteiger partial charge is 0.491 e. The summed E-state index contributed by atoms with van der Waals surface area (Å²) in [5, 5.41) is 0. The molecule has 2 heterocycles. The van der Waals surface area contributed by atoms with E-state index in [2.05, 4.69) is 15.0 Å². The van der Waals surface area contributed by atoms with Gasteiger partial charge in [-0.1, -0.05) is 0 Å². The fraction of sp³-hybridized carbons (Fsp3) is 0.167. The standard InChI is InChI=1S/C6H4F3N5/c7-6(8,9)14-2-13-3-4(10)11-1-12-5(3)14/h1-2H,(H2,10,11,12). The van der Waals surface area contributed by atoms with Crippen LogP contribution < -0.4 is 5.73 Å². The summed E-state index contributed by atoms with van der Waals surface area (Å²) in [6.07, 6.45) is -2.97. The van der Waals surface area contributed by atoms with E-state index in [0.717, 1.165) is 6.33 Å². The molecule has 0 aliphatic rings. The Labute approximate surface area is 75.4 Å². The van der Waals surface area contributed by atoms with Gasteiger partial charge in [0.1, 0.15) is 18.2 Å². The van der Waals surface area contributed by atoms with Gasteiger partial charge >= 0.3 is 6.30 Å². The van der Waals surface area contributed by atoms with E-state index in [0.29, 0.717) is 6.33 Å². The number of nitrogens with zero attached hydrogens (tertiary/aromatic N) is 4. The molecular formula is C6H4F3N5. The number of rotatable bonds is 0. The third-order valence-corrected chi connectivity index (χ3v) is 1.63. The van der Waals surface area contributed by atoms with E-state index >= 15 is 0 Å². The number of imidazole rings is 1. The first-order valence-corrected chi connectivity index (χ1v) is 3.51. The quantitative estimate of drug-likeness (QED) is 0.690. The molecular weight excluding hydrogens is 199 g/mol. The minimum atomic E-state index is -4.55. The normalized spacial score (nSPS) is 12.2. The van der Waals surface area contributed by atoms with Crippen molar-refractivity contribution in [1.29, 1.82) is 0 Å². The summed E-state index contributed by atoms with van der Waals surface area (Å²) in [5.74, 6) is -0.0713. The molecule has 2 rings (SSSR count). The molecule has 0 aliphatic carbocycles. The van der Waals surface area contributed by atoms with Gasteiger partial charge in [-0.2, -0.15) is 0 Å². The molecule has 0 saturated carbocycles. The lowest BCUT2D eigenvalue weighted by Gasteiger charge is -2.06. The molecule has 0 unspecified atom stereocenters. The van der Waals surface area contributed by atoms with Crippen molar-refractivity contribution in [3.8, 4) is 0 Å². The van der Waals surface area contributed by atoms with Crippen molar-refractivity contribution in [2.75, 3.05) is 5.73 Å². The summed E-state index contributed by atoms with van der Waals surface area (Å²) < 4.78 is 36.9. The Balaban J connectivity index is 2.76. The molecule has 2 aromatic heterocycles. The first-order valence-electron chi connectivity index (χ1n) is 3.51. The monoisotopic (exact) mass is 203 g/mol. The number of nitrogen functional groups attached to an aromatic ring is 1. The zero-order valence-corrected chi connectivity index (χ0v) is 6.65. The second-order valence-electron chi connectivity index (χ2n) is 2.51. The molecule has 0 fully saturated rings. The van der Waals surface area contributed by atoms with Crippen LogP contribution in [0.3, 0.4) is 0 Å². The highest BCUT2D eigenvalue weighted by atomic mass is 19.4. The highest BCUT2D eigenvalue weighted by Crippen LogP contribution is 2.26. The smallest absolute Gasteiger partial charge is 0.382 e. The van der Waals surface area contributed by atoms with Gasteiger partial charge in [-0.05, 0) is 0 Å². The maximum absolute atomic E-state index is 12.3. The fourth-order valence-corrected chi connectivity index (χ4v) is 1.04. The van der Waals surface area contributed by atoms with Gasteiger partial charge < -0.3 is 5.73 Å². The van der Waals surface area contributed by atoms with Crippen molar-refractivity contribution >= 4 is 17.0 Å². The van der Waals surface area contributed by atoms with Gasteiger partial charge in [-0.3, -0.25) is 0 Å². The lowest BCUT2D eigenvalue weighted by molar-refractivity contribution is -0.201. The number of aromatic nitrogens is 4. The number of alkyl halides is 3. The van der Waals surface area contributed by atoms with Crippen LogP contribution in [0.2, 0.25) is 0 Å². The highest BCUT2D eigenvalue weighted by Gasteiger charge is 2.33. The Hall–Kier alpha value is -1.86. The van der Waals surface area contributed by atoms with Gasteiger partial charge in [0.25, 0.3) is 0 Å². The predicted octanol–water partition coefficient (Wildman–Crippen LogP) is 0.885. The Morgan fingerprint density at radius 1 is 1.21 bits per heavy atom. The third kappa shape index (κ3) is 1.15. The van der Waals surface area contributed by atoms with E-state index in [1.807, 2.05) is 0 Å². The van der Waals surface area contributed by atoms with Gasteiger partial charge in [0.05, 0.1) is 0 Å². The molecule has 5 nitrogen and oxygen atoms in total. The predicted molar refractivity (Wildman–Crippen MR) is 41.0 cm³/mol. The molecule has 74 valence electrons. The van der Waals surface area contributed by atoms with Crippen LogP contribution >= 0.6 is 0 Å². The van der Waals surface area contributed by atoms with Crippen LogP contribution in [-0.4, -0.2) is 19.5 Å².